The second-order valence-corrected chi connectivity index (χ2v) is 8.37. The van der Waals surface area contributed by atoms with Crippen LogP contribution in [-0.4, -0.2) is 29.3 Å². The lowest BCUT2D eigenvalue weighted by atomic mass is 10.2. The van der Waals surface area contributed by atoms with E-state index < -0.39 is 11.2 Å². The fraction of sp³-hybridized carbons (Fsp3) is 0.208. The first-order valence-electron chi connectivity index (χ1n) is 10.2. The van der Waals surface area contributed by atoms with Crippen molar-refractivity contribution in [1.29, 1.82) is 0 Å². The molecule has 1 amide bonds. The molecule has 0 saturated carbocycles. The quantitative estimate of drug-likeness (QED) is 0.453. The molecule has 0 saturated heterocycles. The van der Waals surface area contributed by atoms with E-state index in [9.17, 15) is 14.4 Å². The van der Waals surface area contributed by atoms with Crippen molar-refractivity contribution in [3.63, 3.8) is 0 Å². The third-order valence-corrected chi connectivity index (χ3v) is 6.15. The molecule has 0 spiro atoms. The normalized spacial score (nSPS) is 10.9. The standard InChI is InChI=1S/C24H23N3O5S/c1-15-5-4-6-17(11-15)27-23(29)22-18(9-10-33-22)26(24(27)30)14-21(28)25-13-16-7-8-19(31-2)20(12-16)32-3/h4-12H,13-14H2,1-3H3,(H,25,28). The van der Waals surface area contributed by atoms with Crippen LogP contribution in [0.5, 0.6) is 11.5 Å². The number of thiophene rings is 1. The molecule has 2 heterocycles. The first kappa shape index (κ1) is 22.3. The number of aromatic nitrogens is 2. The Hall–Kier alpha value is -3.85. The Bertz CT molecular complexity index is 1450. The Morgan fingerprint density at radius 2 is 1.82 bits per heavy atom. The summed E-state index contributed by atoms with van der Waals surface area (Å²) in [5, 5.41) is 4.56. The summed E-state index contributed by atoms with van der Waals surface area (Å²) in [6, 6.07) is 14.2. The molecule has 2 aromatic carbocycles. The summed E-state index contributed by atoms with van der Waals surface area (Å²) in [6.07, 6.45) is 0. The number of hydrogen-bond acceptors (Lipinski definition) is 6. The number of aryl methyl sites for hydroxylation is 1. The fourth-order valence-corrected chi connectivity index (χ4v) is 4.45. The van der Waals surface area contributed by atoms with Crippen LogP contribution in [0.2, 0.25) is 0 Å². The van der Waals surface area contributed by atoms with E-state index in [4.69, 9.17) is 9.47 Å². The fourth-order valence-electron chi connectivity index (χ4n) is 3.63. The lowest BCUT2D eigenvalue weighted by Crippen LogP contribution is -2.41. The number of benzene rings is 2. The minimum atomic E-state index is -0.558. The van der Waals surface area contributed by atoms with Crippen LogP contribution in [0.3, 0.4) is 0 Å². The van der Waals surface area contributed by atoms with Gasteiger partial charge in [-0.15, -0.1) is 11.3 Å². The van der Waals surface area contributed by atoms with Crippen LogP contribution in [-0.2, 0) is 17.9 Å². The molecule has 0 aliphatic heterocycles. The van der Waals surface area contributed by atoms with Crippen molar-refractivity contribution in [2.75, 3.05) is 14.2 Å². The summed E-state index contributed by atoms with van der Waals surface area (Å²) in [4.78, 5) is 39.1. The lowest BCUT2D eigenvalue weighted by Gasteiger charge is -2.13. The molecular formula is C24H23N3O5S. The first-order valence-corrected chi connectivity index (χ1v) is 11.1. The van der Waals surface area contributed by atoms with Crippen molar-refractivity contribution >= 4 is 27.5 Å². The molecule has 0 bridgehead atoms. The van der Waals surface area contributed by atoms with Gasteiger partial charge in [-0.3, -0.25) is 14.2 Å². The maximum Gasteiger partial charge on any atom is 0.336 e. The van der Waals surface area contributed by atoms with Crippen LogP contribution in [0.1, 0.15) is 11.1 Å². The van der Waals surface area contributed by atoms with E-state index in [0.29, 0.717) is 27.4 Å². The maximum absolute atomic E-state index is 13.3. The van der Waals surface area contributed by atoms with Gasteiger partial charge in [0.1, 0.15) is 11.2 Å². The van der Waals surface area contributed by atoms with Crippen LogP contribution in [0, 0.1) is 6.92 Å². The van der Waals surface area contributed by atoms with E-state index in [-0.39, 0.29) is 19.0 Å². The lowest BCUT2D eigenvalue weighted by molar-refractivity contribution is -0.121. The van der Waals surface area contributed by atoms with Gasteiger partial charge >= 0.3 is 5.69 Å². The Kier molecular flexibility index (Phi) is 6.32. The molecule has 0 aliphatic rings. The second kappa shape index (κ2) is 9.33. The molecule has 0 atom stereocenters. The molecule has 4 rings (SSSR count). The number of hydrogen-bond donors (Lipinski definition) is 1. The molecule has 2 aromatic heterocycles. The van der Waals surface area contributed by atoms with Crippen LogP contribution in [0.4, 0.5) is 0 Å². The number of nitrogens with one attached hydrogen (secondary N) is 1. The zero-order valence-electron chi connectivity index (χ0n) is 18.5. The number of carbonyl (C=O) groups is 1. The molecule has 33 heavy (non-hydrogen) atoms. The summed E-state index contributed by atoms with van der Waals surface area (Å²) in [5.41, 5.74) is 1.71. The van der Waals surface area contributed by atoms with Crippen molar-refractivity contribution in [2.45, 2.75) is 20.0 Å². The second-order valence-electron chi connectivity index (χ2n) is 7.45. The zero-order valence-corrected chi connectivity index (χ0v) is 19.3. The molecule has 170 valence electrons. The highest BCUT2D eigenvalue weighted by atomic mass is 32.1. The number of rotatable bonds is 7. The average molecular weight is 466 g/mol. The van der Waals surface area contributed by atoms with Crippen LogP contribution in [0.15, 0.2) is 63.5 Å². The van der Waals surface area contributed by atoms with Gasteiger partial charge in [0, 0.05) is 6.54 Å². The Morgan fingerprint density at radius 3 is 2.55 bits per heavy atom. The van der Waals surface area contributed by atoms with Gasteiger partial charge < -0.3 is 14.8 Å². The Balaban J connectivity index is 1.64. The highest BCUT2D eigenvalue weighted by Crippen LogP contribution is 2.27. The minimum absolute atomic E-state index is 0.217. The summed E-state index contributed by atoms with van der Waals surface area (Å²) < 4.78 is 13.4. The molecule has 1 N–H and O–H groups in total. The predicted molar refractivity (Wildman–Crippen MR) is 128 cm³/mol. The van der Waals surface area contributed by atoms with E-state index in [1.165, 1.54) is 15.9 Å². The van der Waals surface area contributed by atoms with Gasteiger partial charge in [-0.1, -0.05) is 18.2 Å². The number of amides is 1. The number of methoxy groups -OCH3 is 2. The van der Waals surface area contributed by atoms with Gasteiger partial charge in [0.05, 0.1) is 25.4 Å². The molecule has 0 aliphatic carbocycles. The van der Waals surface area contributed by atoms with Crippen LogP contribution in [0.25, 0.3) is 15.9 Å². The highest BCUT2D eigenvalue weighted by Gasteiger charge is 2.17. The Morgan fingerprint density at radius 1 is 1.03 bits per heavy atom. The van der Waals surface area contributed by atoms with Gasteiger partial charge in [0.15, 0.2) is 11.5 Å². The Labute approximate surface area is 193 Å². The molecule has 4 aromatic rings. The number of fused-ring (bicyclic) bond motifs is 1. The van der Waals surface area contributed by atoms with Crippen molar-refractivity contribution in [3.05, 3.63) is 85.9 Å². The number of carbonyl (C=O) groups excluding carboxylic acids is 1. The SMILES string of the molecule is COc1ccc(CNC(=O)Cn2c(=O)n(-c3cccc(C)c3)c(=O)c3sccc32)cc1OC. The van der Waals surface area contributed by atoms with Gasteiger partial charge in [-0.2, -0.15) is 0 Å². The predicted octanol–water partition coefficient (Wildman–Crippen LogP) is 2.86. The average Bonchev–Trinajstić information content (AvgIpc) is 3.30. The zero-order chi connectivity index (χ0) is 23.5. The minimum Gasteiger partial charge on any atom is -0.493 e. The number of ether oxygens (including phenoxy) is 2. The van der Waals surface area contributed by atoms with Crippen molar-refractivity contribution < 1.29 is 14.3 Å². The molecule has 0 unspecified atom stereocenters. The molecule has 0 fully saturated rings. The van der Waals surface area contributed by atoms with Crippen molar-refractivity contribution in [3.8, 4) is 17.2 Å². The third kappa shape index (κ3) is 4.40. The third-order valence-electron chi connectivity index (χ3n) is 5.25. The van der Waals surface area contributed by atoms with Gasteiger partial charge in [-0.05, 0) is 53.8 Å². The first-order chi connectivity index (χ1) is 15.9. The maximum atomic E-state index is 13.3. The van der Waals surface area contributed by atoms with E-state index in [1.54, 1.807) is 56.0 Å². The molecular weight excluding hydrogens is 442 g/mol. The highest BCUT2D eigenvalue weighted by molar-refractivity contribution is 7.17. The summed E-state index contributed by atoms with van der Waals surface area (Å²) >= 11 is 1.24. The summed E-state index contributed by atoms with van der Waals surface area (Å²) in [5.74, 6) is 0.803. The van der Waals surface area contributed by atoms with Crippen molar-refractivity contribution in [1.82, 2.24) is 14.5 Å². The van der Waals surface area contributed by atoms with Crippen molar-refractivity contribution in [2.24, 2.45) is 0 Å². The smallest absolute Gasteiger partial charge is 0.336 e. The monoisotopic (exact) mass is 465 g/mol. The molecule has 9 heteroatoms. The summed E-state index contributed by atoms with van der Waals surface area (Å²) in [6.45, 7) is 1.92. The summed E-state index contributed by atoms with van der Waals surface area (Å²) in [7, 11) is 3.10. The van der Waals surface area contributed by atoms with E-state index >= 15 is 0 Å². The van der Waals surface area contributed by atoms with Crippen LogP contribution >= 0.6 is 11.3 Å². The molecule has 8 nitrogen and oxygen atoms in total. The van der Waals surface area contributed by atoms with E-state index in [0.717, 1.165) is 15.7 Å². The molecule has 0 radical (unpaired) electrons. The van der Waals surface area contributed by atoms with E-state index in [1.807, 2.05) is 19.1 Å². The van der Waals surface area contributed by atoms with Gasteiger partial charge in [-0.25, -0.2) is 9.36 Å². The van der Waals surface area contributed by atoms with Gasteiger partial charge in [0.25, 0.3) is 5.56 Å². The number of nitrogens with zero attached hydrogens (tertiary/aromatic N) is 2. The van der Waals surface area contributed by atoms with E-state index in [2.05, 4.69) is 5.32 Å². The van der Waals surface area contributed by atoms with Crippen LogP contribution < -0.4 is 26.0 Å². The van der Waals surface area contributed by atoms with Gasteiger partial charge in [0.2, 0.25) is 5.91 Å². The topological polar surface area (TPSA) is 91.6 Å². The largest absolute Gasteiger partial charge is 0.493 e.